The summed E-state index contributed by atoms with van der Waals surface area (Å²) in [5.74, 6) is 1.29. The van der Waals surface area contributed by atoms with Gasteiger partial charge in [0.05, 0.1) is 6.54 Å². The lowest BCUT2D eigenvalue weighted by atomic mass is 9.96. The lowest BCUT2D eigenvalue weighted by Crippen LogP contribution is -2.34. The van der Waals surface area contributed by atoms with Gasteiger partial charge < -0.3 is 20.1 Å². The van der Waals surface area contributed by atoms with Crippen molar-refractivity contribution in [3.05, 3.63) is 53.6 Å². The van der Waals surface area contributed by atoms with Crippen LogP contribution < -0.4 is 15.4 Å². The Bertz CT molecular complexity index is 882. The van der Waals surface area contributed by atoms with Crippen LogP contribution in [0.15, 0.2) is 42.5 Å². The second kappa shape index (κ2) is 10.2. The van der Waals surface area contributed by atoms with Crippen molar-refractivity contribution in [2.24, 2.45) is 0 Å². The van der Waals surface area contributed by atoms with Crippen molar-refractivity contribution in [1.82, 2.24) is 10.6 Å². The fraction of sp³-hybridized carbons (Fsp3) is 0.500. The molecule has 0 aliphatic heterocycles. The lowest BCUT2D eigenvalue weighted by Gasteiger charge is -2.19. The van der Waals surface area contributed by atoms with Gasteiger partial charge in [0.1, 0.15) is 18.0 Å². The first-order valence-electron chi connectivity index (χ1n) is 11.3. The quantitative estimate of drug-likeness (QED) is 0.512. The Morgan fingerprint density at radius 2 is 1.87 bits per heavy atom. The molecule has 2 aromatic carbocycles. The number of amides is 1. The second-order valence-electron chi connectivity index (χ2n) is 9.58. The minimum atomic E-state index is -0.507. The van der Waals surface area contributed by atoms with Crippen LogP contribution in [0.3, 0.4) is 0 Å². The van der Waals surface area contributed by atoms with Crippen LogP contribution in [0.2, 0.25) is 0 Å². The molecule has 0 unspecified atom stereocenters. The Kier molecular flexibility index (Phi) is 7.60. The third-order valence-electron chi connectivity index (χ3n) is 5.06. The minimum Gasteiger partial charge on any atom is -0.492 e. The summed E-state index contributed by atoms with van der Waals surface area (Å²) in [6, 6.07) is 15.7. The van der Waals surface area contributed by atoms with Crippen molar-refractivity contribution in [3.63, 3.8) is 0 Å². The maximum atomic E-state index is 11.8. The van der Waals surface area contributed by atoms with Crippen molar-refractivity contribution in [1.29, 1.82) is 0 Å². The van der Waals surface area contributed by atoms with Gasteiger partial charge in [0.2, 0.25) is 0 Å². The Hall–Kier alpha value is -2.53. The molecule has 5 nitrogen and oxygen atoms in total. The molecule has 2 N–H and O–H groups in total. The molecule has 0 atom stereocenters. The van der Waals surface area contributed by atoms with Gasteiger partial charge in [-0.2, -0.15) is 0 Å². The van der Waals surface area contributed by atoms with E-state index in [-0.39, 0.29) is 0 Å². The van der Waals surface area contributed by atoms with Crippen LogP contribution in [0.25, 0.3) is 11.1 Å². The zero-order chi connectivity index (χ0) is 22.4. The first-order chi connectivity index (χ1) is 14.7. The van der Waals surface area contributed by atoms with Gasteiger partial charge in [0.15, 0.2) is 0 Å². The Labute approximate surface area is 186 Å². The molecule has 0 bridgehead atoms. The standard InChI is InChI=1S/C26H36N2O3/c1-18(2)20-7-6-8-21(15-20)22-13-19(17-28-23-9-10-23)14-24(16-22)30-12-11-27-25(29)31-26(3,4)5/h6-8,13-16,18,23,28H,9-12,17H2,1-5H3,(H,27,29). The van der Waals surface area contributed by atoms with Crippen molar-refractivity contribution in [2.45, 2.75) is 71.6 Å². The smallest absolute Gasteiger partial charge is 0.407 e. The molecular formula is C26H36N2O3. The molecule has 0 saturated heterocycles. The van der Waals surface area contributed by atoms with E-state index in [4.69, 9.17) is 9.47 Å². The highest BCUT2D eigenvalue weighted by molar-refractivity contribution is 5.68. The van der Waals surface area contributed by atoms with Crippen LogP contribution in [0, 0.1) is 0 Å². The third kappa shape index (κ3) is 7.91. The van der Waals surface area contributed by atoms with Gasteiger partial charge in [0, 0.05) is 12.6 Å². The van der Waals surface area contributed by atoms with Gasteiger partial charge in [-0.15, -0.1) is 0 Å². The molecule has 3 rings (SSSR count). The van der Waals surface area contributed by atoms with E-state index in [0.29, 0.717) is 25.1 Å². The largest absolute Gasteiger partial charge is 0.492 e. The van der Waals surface area contributed by atoms with E-state index in [0.717, 1.165) is 17.9 Å². The normalized spacial score (nSPS) is 13.9. The number of rotatable bonds is 9. The fourth-order valence-corrected chi connectivity index (χ4v) is 3.28. The molecule has 1 amide bonds. The summed E-state index contributed by atoms with van der Waals surface area (Å²) in [5.41, 5.74) is 4.36. The summed E-state index contributed by atoms with van der Waals surface area (Å²) in [5, 5.41) is 6.32. The third-order valence-corrected chi connectivity index (χ3v) is 5.06. The van der Waals surface area contributed by atoms with E-state index < -0.39 is 11.7 Å². The molecule has 1 saturated carbocycles. The first kappa shape index (κ1) is 23.1. The Balaban J connectivity index is 1.68. The SMILES string of the molecule is CC(C)c1cccc(-c2cc(CNC3CC3)cc(OCCNC(=O)OC(C)(C)C)c2)c1. The molecule has 1 fully saturated rings. The Morgan fingerprint density at radius 1 is 1.10 bits per heavy atom. The van der Waals surface area contributed by atoms with Crippen LogP contribution in [-0.2, 0) is 11.3 Å². The molecule has 1 aliphatic rings. The minimum absolute atomic E-state index is 0.379. The van der Waals surface area contributed by atoms with E-state index in [2.05, 4.69) is 66.9 Å². The highest BCUT2D eigenvalue weighted by Gasteiger charge is 2.20. The molecule has 31 heavy (non-hydrogen) atoms. The average Bonchev–Trinajstić information content (AvgIpc) is 3.53. The van der Waals surface area contributed by atoms with Crippen LogP contribution in [0.5, 0.6) is 5.75 Å². The van der Waals surface area contributed by atoms with Gasteiger partial charge >= 0.3 is 6.09 Å². The number of hydrogen-bond donors (Lipinski definition) is 2. The van der Waals surface area contributed by atoms with Crippen molar-refractivity contribution in [2.75, 3.05) is 13.2 Å². The van der Waals surface area contributed by atoms with Gasteiger partial charge in [0.25, 0.3) is 0 Å². The molecular weight excluding hydrogens is 388 g/mol. The zero-order valence-electron chi connectivity index (χ0n) is 19.5. The van der Waals surface area contributed by atoms with Crippen LogP contribution >= 0.6 is 0 Å². The summed E-state index contributed by atoms with van der Waals surface area (Å²) in [6.45, 7) is 11.6. The molecule has 0 heterocycles. The van der Waals surface area contributed by atoms with E-state index in [1.54, 1.807) is 0 Å². The average molecular weight is 425 g/mol. The van der Waals surface area contributed by atoms with Crippen LogP contribution in [0.1, 0.15) is 64.5 Å². The molecule has 0 spiro atoms. The molecule has 168 valence electrons. The van der Waals surface area contributed by atoms with Crippen molar-refractivity contribution in [3.8, 4) is 16.9 Å². The summed E-state index contributed by atoms with van der Waals surface area (Å²) in [4.78, 5) is 11.8. The van der Waals surface area contributed by atoms with Crippen molar-refractivity contribution >= 4 is 6.09 Å². The molecule has 5 heteroatoms. The number of carbonyl (C=O) groups excluding carboxylic acids is 1. The topological polar surface area (TPSA) is 59.6 Å². The predicted molar refractivity (Wildman–Crippen MR) is 126 cm³/mol. The number of alkyl carbamates (subject to hydrolysis) is 1. The highest BCUT2D eigenvalue weighted by atomic mass is 16.6. The van der Waals surface area contributed by atoms with E-state index in [1.165, 1.54) is 29.5 Å². The van der Waals surface area contributed by atoms with E-state index in [1.807, 2.05) is 20.8 Å². The lowest BCUT2D eigenvalue weighted by molar-refractivity contribution is 0.0520. The fourth-order valence-electron chi connectivity index (χ4n) is 3.28. The maximum absolute atomic E-state index is 11.8. The van der Waals surface area contributed by atoms with Crippen LogP contribution in [-0.4, -0.2) is 30.9 Å². The second-order valence-corrected chi connectivity index (χ2v) is 9.58. The van der Waals surface area contributed by atoms with E-state index >= 15 is 0 Å². The van der Waals surface area contributed by atoms with Crippen LogP contribution in [0.4, 0.5) is 4.79 Å². The number of hydrogen-bond acceptors (Lipinski definition) is 4. The summed E-state index contributed by atoms with van der Waals surface area (Å²) in [7, 11) is 0. The van der Waals surface area contributed by atoms with Gasteiger partial charge in [-0.1, -0.05) is 38.1 Å². The van der Waals surface area contributed by atoms with Gasteiger partial charge in [-0.05, 0) is 80.0 Å². The highest BCUT2D eigenvalue weighted by Crippen LogP contribution is 2.29. The van der Waals surface area contributed by atoms with Crippen molar-refractivity contribution < 1.29 is 14.3 Å². The summed E-state index contributed by atoms with van der Waals surface area (Å²) >= 11 is 0. The monoisotopic (exact) mass is 424 g/mol. The molecule has 0 aromatic heterocycles. The molecule has 0 radical (unpaired) electrons. The molecule has 2 aromatic rings. The number of ether oxygens (including phenoxy) is 2. The van der Waals surface area contributed by atoms with Gasteiger partial charge in [-0.3, -0.25) is 0 Å². The zero-order valence-corrected chi connectivity index (χ0v) is 19.5. The molecule has 1 aliphatic carbocycles. The summed E-state index contributed by atoms with van der Waals surface area (Å²) in [6.07, 6.45) is 2.09. The predicted octanol–water partition coefficient (Wildman–Crippen LogP) is 5.63. The number of carbonyl (C=O) groups is 1. The first-order valence-corrected chi connectivity index (χ1v) is 11.3. The Morgan fingerprint density at radius 3 is 2.55 bits per heavy atom. The number of nitrogens with one attached hydrogen (secondary N) is 2. The van der Waals surface area contributed by atoms with Gasteiger partial charge in [-0.25, -0.2) is 4.79 Å². The maximum Gasteiger partial charge on any atom is 0.407 e. The van der Waals surface area contributed by atoms with E-state index in [9.17, 15) is 4.79 Å². The summed E-state index contributed by atoms with van der Waals surface area (Å²) < 4.78 is 11.3. The number of benzene rings is 2.